The van der Waals surface area contributed by atoms with E-state index in [9.17, 15) is 4.39 Å². The van der Waals surface area contributed by atoms with E-state index in [1.54, 1.807) is 18.2 Å². The predicted molar refractivity (Wildman–Crippen MR) is 87.6 cm³/mol. The molecule has 3 heteroatoms. The van der Waals surface area contributed by atoms with Gasteiger partial charge in [0, 0.05) is 5.56 Å². The van der Waals surface area contributed by atoms with Gasteiger partial charge in [0.05, 0.1) is 11.1 Å². The molecule has 112 valence electrons. The van der Waals surface area contributed by atoms with Crippen LogP contribution in [0.2, 0.25) is 5.02 Å². The van der Waals surface area contributed by atoms with Crippen molar-refractivity contribution in [2.45, 2.75) is 40.7 Å². The Labute approximate surface area is 130 Å². The molecule has 0 heterocycles. The van der Waals surface area contributed by atoms with Crippen LogP contribution in [0.4, 0.5) is 4.39 Å². The second-order valence-electron chi connectivity index (χ2n) is 5.66. The van der Waals surface area contributed by atoms with Gasteiger partial charge in [-0.2, -0.15) is 0 Å². The summed E-state index contributed by atoms with van der Waals surface area (Å²) in [5.41, 5.74) is 13.8. The lowest BCUT2D eigenvalue weighted by Gasteiger charge is -2.24. The predicted octanol–water partition coefficient (Wildman–Crippen LogP) is 5.07. The van der Waals surface area contributed by atoms with Crippen LogP contribution in [-0.4, -0.2) is 0 Å². The van der Waals surface area contributed by atoms with E-state index in [2.05, 4.69) is 20.8 Å². The van der Waals surface area contributed by atoms with E-state index in [1.165, 1.54) is 16.7 Å². The molecule has 0 saturated heterocycles. The molecule has 0 amide bonds. The Hall–Kier alpha value is -1.38. The third kappa shape index (κ3) is 2.58. The average Bonchev–Trinajstić information content (AvgIpc) is 2.46. The van der Waals surface area contributed by atoms with Crippen LogP contribution in [0.15, 0.2) is 18.2 Å². The molecule has 0 aromatic heterocycles. The first-order chi connectivity index (χ1) is 9.77. The standard InChI is InChI=1S/C18H21ClFN/c1-9-10(2)12(4)16(13(5)11(9)3)18(21)14-7-6-8-15(19)17(14)20/h6-8,18H,21H2,1-5H3. The van der Waals surface area contributed by atoms with Crippen LogP contribution in [0.3, 0.4) is 0 Å². The Bertz CT molecular complexity index is 678. The van der Waals surface area contributed by atoms with E-state index in [-0.39, 0.29) is 5.02 Å². The highest BCUT2D eigenvalue weighted by Gasteiger charge is 2.22. The average molecular weight is 306 g/mol. The highest BCUT2D eigenvalue weighted by molar-refractivity contribution is 6.30. The number of hydrogen-bond donors (Lipinski definition) is 1. The molecule has 0 radical (unpaired) electrons. The minimum Gasteiger partial charge on any atom is -0.320 e. The summed E-state index contributed by atoms with van der Waals surface area (Å²) in [6.45, 7) is 10.4. The van der Waals surface area contributed by atoms with Crippen molar-refractivity contribution in [3.8, 4) is 0 Å². The number of nitrogens with two attached hydrogens (primary N) is 1. The maximum atomic E-state index is 14.3. The van der Waals surface area contributed by atoms with Gasteiger partial charge in [-0.15, -0.1) is 0 Å². The van der Waals surface area contributed by atoms with Crippen molar-refractivity contribution < 1.29 is 4.39 Å². The Kier molecular flexibility index (Phi) is 4.40. The Morgan fingerprint density at radius 2 is 1.38 bits per heavy atom. The molecule has 0 aliphatic rings. The van der Waals surface area contributed by atoms with E-state index < -0.39 is 11.9 Å². The second-order valence-corrected chi connectivity index (χ2v) is 6.07. The largest absolute Gasteiger partial charge is 0.320 e. The van der Waals surface area contributed by atoms with Gasteiger partial charge in [-0.3, -0.25) is 0 Å². The molecular weight excluding hydrogens is 285 g/mol. The molecule has 2 rings (SSSR count). The molecule has 1 nitrogen and oxygen atoms in total. The summed E-state index contributed by atoms with van der Waals surface area (Å²) >= 11 is 5.88. The molecule has 21 heavy (non-hydrogen) atoms. The van der Waals surface area contributed by atoms with Crippen molar-refractivity contribution >= 4 is 11.6 Å². The summed E-state index contributed by atoms with van der Waals surface area (Å²) in [5.74, 6) is -0.429. The fourth-order valence-electron chi connectivity index (χ4n) is 2.91. The van der Waals surface area contributed by atoms with Gasteiger partial charge in [-0.05, 0) is 74.1 Å². The third-order valence-electron chi connectivity index (χ3n) is 4.69. The Morgan fingerprint density at radius 3 is 1.90 bits per heavy atom. The molecule has 1 unspecified atom stereocenters. The number of halogens is 2. The molecule has 0 bridgehead atoms. The number of benzene rings is 2. The lowest BCUT2D eigenvalue weighted by atomic mass is 9.84. The van der Waals surface area contributed by atoms with Crippen molar-refractivity contribution in [2.75, 3.05) is 0 Å². The Morgan fingerprint density at radius 1 is 0.905 bits per heavy atom. The van der Waals surface area contributed by atoms with E-state index in [4.69, 9.17) is 17.3 Å². The molecular formula is C18H21ClFN. The first kappa shape index (κ1) is 16.0. The summed E-state index contributed by atoms with van der Waals surface area (Å²) < 4.78 is 14.3. The molecule has 1 atom stereocenters. The van der Waals surface area contributed by atoms with Gasteiger partial charge < -0.3 is 5.73 Å². The van der Waals surface area contributed by atoms with Crippen LogP contribution in [-0.2, 0) is 0 Å². The fourth-order valence-corrected chi connectivity index (χ4v) is 3.09. The smallest absolute Gasteiger partial charge is 0.146 e. The first-order valence-electron chi connectivity index (χ1n) is 7.03. The van der Waals surface area contributed by atoms with E-state index >= 15 is 0 Å². The summed E-state index contributed by atoms with van der Waals surface area (Å²) in [5, 5.41) is 0.110. The molecule has 2 aromatic carbocycles. The zero-order valence-corrected chi connectivity index (χ0v) is 13.9. The first-order valence-corrected chi connectivity index (χ1v) is 7.41. The van der Waals surface area contributed by atoms with Gasteiger partial charge in [0.2, 0.25) is 0 Å². The normalized spacial score (nSPS) is 12.6. The van der Waals surface area contributed by atoms with Crippen LogP contribution < -0.4 is 5.73 Å². The number of rotatable bonds is 2. The van der Waals surface area contributed by atoms with Crippen molar-refractivity contribution in [1.82, 2.24) is 0 Å². The topological polar surface area (TPSA) is 26.0 Å². The van der Waals surface area contributed by atoms with Gasteiger partial charge in [0.25, 0.3) is 0 Å². The maximum Gasteiger partial charge on any atom is 0.146 e. The summed E-state index contributed by atoms with van der Waals surface area (Å²) in [6.07, 6.45) is 0. The van der Waals surface area contributed by atoms with Gasteiger partial charge in [-0.1, -0.05) is 23.7 Å². The molecule has 0 saturated carbocycles. The highest BCUT2D eigenvalue weighted by Crippen LogP contribution is 2.34. The SMILES string of the molecule is Cc1c(C)c(C)c(C(N)c2cccc(Cl)c2F)c(C)c1C. The van der Waals surface area contributed by atoms with E-state index in [0.29, 0.717) is 5.56 Å². The van der Waals surface area contributed by atoms with Crippen LogP contribution >= 0.6 is 11.6 Å². The quantitative estimate of drug-likeness (QED) is 0.823. The minimum atomic E-state index is -0.512. The lowest BCUT2D eigenvalue weighted by molar-refractivity contribution is 0.599. The zero-order chi connectivity index (χ0) is 15.9. The molecule has 2 aromatic rings. The molecule has 0 spiro atoms. The molecule has 0 aliphatic heterocycles. The van der Waals surface area contributed by atoms with Crippen LogP contribution in [0, 0.1) is 40.4 Å². The number of hydrogen-bond acceptors (Lipinski definition) is 1. The van der Waals surface area contributed by atoms with Gasteiger partial charge in [-0.25, -0.2) is 4.39 Å². The highest BCUT2D eigenvalue weighted by atomic mass is 35.5. The fraction of sp³-hybridized carbons (Fsp3) is 0.333. The molecule has 0 fully saturated rings. The molecule has 2 N–H and O–H groups in total. The monoisotopic (exact) mass is 305 g/mol. The Balaban J connectivity index is 2.70. The third-order valence-corrected chi connectivity index (χ3v) is 4.98. The summed E-state index contributed by atoms with van der Waals surface area (Å²) in [6, 6.07) is 4.47. The van der Waals surface area contributed by atoms with Crippen LogP contribution in [0.1, 0.15) is 45.0 Å². The minimum absolute atomic E-state index is 0.110. The second kappa shape index (κ2) is 5.78. The van der Waals surface area contributed by atoms with Gasteiger partial charge in [0.1, 0.15) is 5.82 Å². The zero-order valence-electron chi connectivity index (χ0n) is 13.1. The van der Waals surface area contributed by atoms with Gasteiger partial charge >= 0.3 is 0 Å². The van der Waals surface area contributed by atoms with Crippen molar-refractivity contribution in [1.29, 1.82) is 0 Å². The van der Waals surface area contributed by atoms with E-state index in [1.807, 2.05) is 13.8 Å². The summed E-state index contributed by atoms with van der Waals surface area (Å²) in [7, 11) is 0. The van der Waals surface area contributed by atoms with Crippen LogP contribution in [0.5, 0.6) is 0 Å². The van der Waals surface area contributed by atoms with Crippen molar-refractivity contribution in [3.05, 3.63) is 68.0 Å². The van der Waals surface area contributed by atoms with Crippen molar-refractivity contribution in [2.24, 2.45) is 5.73 Å². The lowest BCUT2D eigenvalue weighted by Crippen LogP contribution is -2.18. The summed E-state index contributed by atoms with van der Waals surface area (Å²) in [4.78, 5) is 0. The van der Waals surface area contributed by atoms with E-state index in [0.717, 1.165) is 16.7 Å². The van der Waals surface area contributed by atoms with Crippen molar-refractivity contribution in [3.63, 3.8) is 0 Å². The van der Waals surface area contributed by atoms with Gasteiger partial charge in [0.15, 0.2) is 0 Å². The molecule has 0 aliphatic carbocycles. The maximum absolute atomic E-state index is 14.3. The van der Waals surface area contributed by atoms with Crippen LogP contribution in [0.25, 0.3) is 0 Å².